The molecule has 1 N–H and O–H groups in total. The van der Waals surface area contributed by atoms with Gasteiger partial charge >= 0.3 is 0 Å². The summed E-state index contributed by atoms with van der Waals surface area (Å²) >= 11 is 4.37. The Morgan fingerprint density at radius 2 is 2.26 bits per heavy atom. The Morgan fingerprint density at radius 1 is 1.35 bits per heavy atom. The van der Waals surface area contributed by atoms with Gasteiger partial charge in [-0.25, -0.2) is 14.4 Å². The molecule has 13 heteroatoms. The van der Waals surface area contributed by atoms with Crippen LogP contribution in [0.3, 0.4) is 0 Å². The zero-order valence-corrected chi connectivity index (χ0v) is 19.0. The van der Waals surface area contributed by atoms with Gasteiger partial charge < -0.3 is 10.1 Å². The molecule has 0 atom stereocenters. The van der Waals surface area contributed by atoms with Crippen molar-refractivity contribution < 1.29 is 9.53 Å². The van der Waals surface area contributed by atoms with Crippen molar-refractivity contribution in [2.45, 2.75) is 37.6 Å². The smallest absolute Gasteiger partial charge is 0.260 e. The van der Waals surface area contributed by atoms with Crippen molar-refractivity contribution in [2.24, 2.45) is 0 Å². The normalized spacial score (nSPS) is 15.7. The molecule has 0 fully saturated rings. The van der Waals surface area contributed by atoms with E-state index in [1.54, 1.807) is 22.0 Å². The van der Waals surface area contributed by atoms with E-state index in [2.05, 4.69) is 44.4 Å². The number of ether oxygens (including phenoxy) is 1. The number of thioether (sulfide) groups is 1. The number of carbonyl (C=O) groups excluding carboxylic acids is 1. The van der Waals surface area contributed by atoms with Gasteiger partial charge in [0, 0.05) is 22.9 Å². The Kier molecular flexibility index (Phi) is 4.28. The summed E-state index contributed by atoms with van der Waals surface area (Å²) in [5.74, 6) is 0.621. The first-order valence-corrected chi connectivity index (χ1v) is 12.2. The number of nitrogens with one attached hydrogen (secondary N) is 1. The number of hydrogen-bond acceptors (Lipinski definition) is 10. The minimum absolute atomic E-state index is 0.143. The molecule has 6 heterocycles. The molecule has 1 aliphatic heterocycles. The predicted molar refractivity (Wildman–Crippen MR) is 119 cm³/mol. The number of anilines is 1. The molecular formula is C18H16N8O2S3. The van der Waals surface area contributed by atoms with E-state index < -0.39 is 0 Å². The number of thiazole rings is 1. The molecule has 0 bridgehead atoms. The minimum atomic E-state index is -0.244. The van der Waals surface area contributed by atoms with E-state index in [4.69, 9.17) is 4.74 Å². The fraction of sp³-hybridized carbons (Fsp3) is 0.333. The second-order valence-corrected chi connectivity index (χ2v) is 10.6. The van der Waals surface area contributed by atoms with Gasteiger partial charge in [-0.15, -0.1) is 32.9 Å². The number of amides is 1. The monoisotopic (exact) mass is 472 g/mol. The number of fused-ring (bicyclic) bond motifs is 8. The highest BCUT2D eigenvalue weighted by Crippen LogP contribution is 2.41. The van der Waals surface area contributed by atoms with Crippen LogP contribution < -0.4 is 5.32 Å². The minimum Gasteiger partial charge on any atom is -0.370 e. The van der Waals surface area contributed by atoms with E-state index in [0.29, 0.717) is 22.7 Å². The lowest BCUT2D eigenvalue weighted by Crippen LogP contribution is -2.31. The molecule has 1 amide bonds. The number of rotatable bonds is 4. The van der Waals surface area contributed by atoms with Crippen molar-refractivity contribution in [3.8, 4) is 0 Å². The molecule has 0 saturated heterocycles. The Bertz CT molecular complexity index is 1450. The highest BCUT2D eigenvalue weighted by atomic mass is 32.2. The molecule has 5 aromatic rings. The first-order chi connectivity index (χ1) is 15.0. The topological polar surface area (TPSA) is 112 Å². The summed E-state index contributed by atoms with van der Waals surface area (Å²) in [5, 5.41) is 19.9. The fourth-order valence-corrected chi connectivity index (χ4v) is 6.29. The number of aromatic nitrogens is 7. The molecule has 10 nitrogen and oxygen atoms in total. The highest BCUT2D eigenvalue weighted by molar-refractivity contribution is 7.99. The van der Waals surface area contributed by atoms with Gasteiger partial charge in [0.15, 0.2) is 15.9 Å². The van der Waals surface area contributed by atoms with E-state index >= 15 is 0 Å². The lowest BCUT2D eigenvalue weighted by atomic mass is 9.94. The van der Waals surface area contributed by atoms with Crippen LogP contribution in [-0.4, -0.2) is 51.4 Å². The largest absolute Gasteiger partial charge is 0.370 e. The van der Waals surface area contributed by atoms with E-state index in [1.165, 1.54) is 39.9 Å². The average molecular weight is 473 g/mol. The van der Waals surface area contributed by atoms with Crippen LogP contribution in [-0.2, 0) is 22.6 Å². The summed E-state index contributed by atoms with van der Waals surface area (Å²) in [5.41, 5.74) is 1.76. The van der Waals surface area contributed by atoms with Crippen LogP contribution >= 0.6 is 34.4 Å². The van der Waals surface area contributed by atoms with Crippen molar-refractivity contribution in [1.29, 1.82) is 0 Å². The van der Waals surface area contributed by atoms with Crippen LogP contribution in [0, 0.1) is 0 Å². The standard InChI is InChI=1S/C18H16N8O2S3/c1-18(2)5-9-10(6-28-18)31-14-12(9)13-20-8-21-26(13)16-23-24-17(25(14)16)30-7-11(27)22-15-19-3-4-29-15/h3-4,8H,5-7H2,1-2H3,(H,19,22,27). The number of nitrogens with zero attached hydrogens (tertiary/aromatic N) is 7. The van der Waals surface area contributed by atoms with E-state index in [0.717, 1.165) is 22.3 Å². The highest BCUT2D eigenvalue weighted by Gasteiger charge is 2.32. The third-order valence-electron chi connectivity index (χ3n) is 5.06. The van der Waals surface area contributed by atoms with E-state index in [-0.39, 0.29) is 17.3 Å². The molecule has 1 aliphatic rings. The second kappa shape index (κ2) is 6.95. The molecule has 0 aliphatic carbocycles. The van der Waals surface area contributed by atoms with Crippen molar-refractivity contribution >= 4 is 67.1 Å². The van der Waals surface area contributed by atoms with Gasteiger partial charge in [-0.05, 0) is 19.4 Å². The summed E-state index contributed by atoms with van der Waals surface area (Å²) < 4.78 is 9.71. The van der Waals surface area contributed by atoms with Crippen LogP contribution in [0.1, 0.15) is 24.3 Å². The van der Waals surface area contributed by atoms with Crippen molar-refractivity contribution in [3.63, 3.8) is 0 Å². The lowest BCUT2D eigenvalue weighted by molar-refractivity contribution is -0.113. The summed E-state index contributed by atoms with van der Waals surface area (Å²) in [7, 11) is 0. The number of hydrogen-bond donors (Lipinski definition) is 1. The average Bonchev–Trinajstić information content (AvgIpc) is 3.50. The molecule has 6 rings (SSSR count). The summed E-state index contributed by atoms with van der Waals surface area (Å²) in [4.78, 5) is 23.1. The summed E-state index contributed by atoms with van der Waals surface area (Å²) in [6.45, 7) is 4.75. The Labute approximate surface area is 187 Å². The maximum absolute atomic E-state index is 12.3. The number of thiophene rings is 1. The van der Waals surface area contributed by atoms with Gasteiger partial charge in [-0.1, -0.05) is 11.8 Å². The van der Waals surface area contributed by atoms with Gasteiger partial charge in [-0.3, -0.25) is 4.79 Å². The van der Waals surface area contributed by atoms with Crippen LogP contribution in [0.5, 0.6) is 0 Å². The van der Waals surface area contributed by atoms with Gasteiger partial charge in [-0.2, -0.15) is 9.61 Å². The maximum Gasteiger partial charge on any atom is 0.260 e. The van der Waals surface area contributed by atoms with Crippen LogP contribution in [0.4, 0.5) is 5.13 Å². The molecule has 0 unspecified atom stereocenters. The van der Waals surface area contributed by atoms with Gasteiger partial charge in [0.25, 0.3) is 5.78 Å². The molecular weight excluding hydrogens is 456 g/mol. The molecule has 31 heavy (non-hydrogen) atoms. The Hall–Kier alpha value is -2.61. The first-order valence-electron chi connectivity index (χ1n) is 9.47. The van der Waals surface area contributed by atoms with Gasteiger partial charge in [0.05, 0.1) is 23.3 Å². The summed E-state index contributed by atoms with van der Waals surface area (Å²) in [6.07, 6.45) is 3.98. The first kappa shape index (κ1) is 19.1. The van der Waals surface area contributed by atoms with Gasteiger partial charge in [0.1, 0.15) is 11.2 Å². The zero-order chi connectivity index (χ0) is 21.2. The van der Waals surface area contributed by atoms with Crippen LogP contribution in [0.2, 0.25) is 0 Å². The Balaban J connectivity index is 1.45. The van der Waals surface area contributed by atoms with Crippen LogP contribution in [0.15, 0.2) is 23.1 Å². The maximum atomic E-state index is 12.3. The Morgan fingerprint density at radius 3 is 3.10 bits per heavy atom. The van der Waals surface area contributed by atoms with Crippen molar-refractivity contribution in [3.05, 3.63) is 28.3 Å². The third-order valence-corrected chi connectivity index (χ3v) is 7.87. The van der Waals surface area contributed by atoms with Crippen molar-refractivity contribution in [2.75, 3.05) is 11.1 Å². The van der Waals surface area contributed by atoms with E-state index in [9.17, 15) is 4.79 Å². The molecule has 158 valence electrons. The fourth-order valence-electron chi connectivity index (χ4n) is 3.73. The van der Waals surface area contributed by atoms with Crippen LogP contribution in [0.25, 0.3) is 21.6 Å². The van der Waals surface area contributed by atoms with Gasteiger partial charge in [0.2, 0.25) is 5.91 Å². The third kappa shape index (κ3) is 3.11. The lowest BCUT2D eigenvalue weighted by Gasteiger charge is -2.30. The molecule has 0 spiro atoms. The van der Waals surface area contributed by atoms with Crippen molar-refractivity contribution in [1.82, 2.24) is 34.2 Å². The second-order valence-electron chi connectivity index (χ2n) is 7.70. The molecule has 5 aromatic heterocycles. The molecule has 0 radical (unpaired) electrons. The SMILES string of the molecule is CC1(C)Cc2c(sc3c2c2ncnn2c2nnc(SCC(=O)Nc4nccs4)n32)CO1. The number of carbonyl (C=O) groups is 1. The zero-order valence-electron chi connectivity index (χ0n) is 16.5. The summed E-state index contributed by atoms with van der Waals surface area (Å²) in [6, 6.07) is 0. The molecule has 0 saturated carbocycles. The molecule has 0 aromatic carbocycles. The quantitative estimate of drug-likeness (QED) is 0.397. The van der Waals surface area contributed by atoms with E-state index in [1.807, 2.05) is 9.78 Å². The predicted octanol–water partition coefficient (Wildman–Crippen LogP) is 3.03.